The molecule has 15 heavy (non-hydrogen) atoms. The number of ether oxygens (including phenoxy) is 1. The maximum absolute atomic E-state index is 13.7. The fraction of sp³-hybridized carbons (Fsp3) is 0.400. The Balaban J connectivity index is 3.50. The lowest BCUT2D eigenvalue weighted by Gasteiger charge is -2.21. The molecule has 0 saturated heterocycles. The number of aliphatic hydroxyl groups is 1. The highest BCUT2D eigenvalue weighted by molar-refractivity contribution is 9.10. The molecule has 3 nitrogen and oxygen atoms in total. The van der Waals surface area contributed by atoms with E-state index in [1.54, 1.807) is 0 Å². The first-order valence-corrected chi connectivity index (χ1v) is 5.06. The van der Waals surface area contributed by atoms with Crippen molar-refractivity contribution >= 4 is 15.9 Å². The molecule has 0 spiro atoms. The standard InChI is InChI=1S/C10H12BrFO3/c1-10(2,14)7-5(11)4-6(15-3)9(13)8(7)12/h4,13-14H,1-3H3. The lowest BCUT2D eigenvalue weighted by atomic mass is 9.97. The van der Waals surface area contributed by atoms with Crippen LogP contribution < -0.4 is 4.74 Å². The van der Waals surface area contributed by atoms with Gasteiger partial charge in [-0.05, 0) is 19.9 Å². The van der Waals surface area contributed by atoms with Crippen molar-refractivity contribution in [2.45, 2.75) is 19.4 Å². The zero-order valence-electron chi connectivity index (χ0n) is 8.64. The number of methoxy groups -OCH3 is 1. The summed E-state index contributed by atoms with van der Waals surface area (Å²) < 4.78 is 18.8. The number of phenols is 1. The maximum Gasteiger partial charge on any atom is 0.194 e. The van der Waals surface area contributed by atoms with Crippen molar-refractivity contribution in [3.05, 3.63) is 21.9 Å². The van der Waals surface area contributed by atoms with Gasteiger partial charge in [0.05, 0.1) is 12.7 Å². The summed E-state index contributed by atoms with van der Waals surface area (Å²) in [5.41, 5.74) is -1.38. The van der Waals surface area contributed by atoms with Gasteiger partial charge < -0.3 is 14.9 Å². The van der Waals surface area contributed by atoms with Crippen molar-refractivity contribution in [1.82, 2.24) is 0 Å². The van der Waals surface area contributed by atoms with Crippen LogP contribution in [0, 0.1) is 5.82 Å². The average Bonchev–Trinajstić information content (AvgIpc) is 2.09. The lowest BCUT2D eigenvalue weighted by molar-refractivity contribution is 0.0729. The third-order valence-electron chi connectivity index (χ3n) is 1.99. The Kier molecular flexibility index (Phi) is 3.25. The second kappa shape index (κ2) is 3.98. The smallest absolute Gasteiger partial charge is 0.194 e. The van der Waals surface area contributed by atoms with Gasteiger partial charge in [-0.2, -0.15) is 0 Å². The minimum absolute atomic E-state index is 0.000741. The first kappa shape index (κ1) is 12.3. The molecule has 0 fully saturated rings. The van der Waals surface area contributed by atoms with E-state index in [0.717, 1.165) is 0 Å². The number of hydrogen-bond donors (Lipinski definition) is 2. The van der Waals surface area contributed by atoms with Crippen LogP contribution in [0.3, 0.4) is 0 Å². The van der Waals surface area contributed by atoms with Crippen LogP contribution in [0.25, 0.3) is 0 Å². The maximum atomic E-state index is 13.7. The molecule has 0 aliphatic carbocycles. The Bertz CT molecular complexity index is 385. The Morgan fingerprint density at radius 3 is 2.40 bits per heavy atom. The van der Waals surface area contributed by atoms with E-state index in [9.17, 15) is 14.6 Å². The molecule has 1 rings (SSSR count). The Morgan fingerprint density at radius 2 is 2.00 bits per heavy atom. The summed E-state index contributed by atoms with van der Waals surface area (Å²) in [7, 11) is 1.32. The van der Waals surface area contributed by atoms with Gasteiger partial charge in [-0.3, -0.25) is 0 Å². The normalized spacial score (nSPS) is 11.6. The minimum Gasteiger partial charge on any atom is -0.502 e. The monoisotopic (exact) mass is 278 g/mol. The van der Waals surface area contributed by atoms with E-state index >= 15 is 0 Å². The molecule has 1 aromatic carbocycles. The Morgan fingerprint density at radius 1 is 1.47 bits per heavy atom. The first-order chi connectivity index (χ1) is 6.79. The Labute approximate surface area is 95.6 Å². The van der Waals surface area contributed by atoms with Gasteiger partial charge in [0, 0.05) is 10.0 Å². The molecule has 0 atom stereocenters. The van der Waals surface area contributed by atoms with Crippen LogP contribution >= 0.6 is 15.9 Å². The van der Waals surface area contributed by atoms with Crippen LogP contribution in [-0.4, -0.2) is 17.3 Å². The van der Waals surface area contributed by atoms with Gasteiger partial charge in [0.1, 0.15) is 0 Å². The quantitative estimate of drug-likeness (QED) is 0.874. The molecule has 84 valence electrons. The molecule has 0 aromatic heterocycles. The van der Waals surface area contributed by atoms with E-state index in [4.69, 9.17) is 4.74 Å². The Hall–Kier alpha value is -0.810. The van der Waals surface area contributed by atoms with Gasteiger partial charge in [-0.25, -0.2) is 4.39 Å². The molecule has 0 radical (unpaired) electrons. The van der Waals surface area contributed by atoms with Crippen LogP contribution in [0.5, 0.6) is 11.5 Å². The van der Waals surface area contributed by atoms with Crippen LogP contribution in [0.15, 0.2) is 10.5 Å². The van der Waals surface area contributed by atoms with Crippen LogP contribution in [0.2, 0.25) is 0 Å². The van der Waals surface area contributed by atoms with Crippen molar-refractivity contribution in [1.29, 1.82) is 0 Å². The number of halogens is 2. The SMILES string of the molecule is COc1cc(Br)c(C(C)(C)O)c(F)c1O. The first-order valence-electron chi connectivity index (χ1n) is 4.26. The third-order valence-corrected chi connectivity index (χ3v) is 2.61. The largest absolute Gasteiger partial charge is 0.502 e. The van der Waals surface area contributed by atoms with E-state index in [-0.39, 0.29) is 11.3 Å². The van der Waals surface area contributed by atoms with Gasteiger partial charge in [0.15, 0.2) is 17.3 Å². The summed E-state index contributed by atoms with van der Waals surface area (Å²) in [5, 5.41) is 19.2. The number of benzene rings is 1. The van der Waals surface area contributed by atoms with Gasteiger partial charge in [0.25, 0.3) is 0 Å². The molecule has 1 aromatic rings. The van der Waals surface area contributed by atoms with Crippen LogP contribution in [0.1, 0.15) is 19.4 Å². The van der Waals surface area contributed by atoms with E-state index in [0.29, 0.717) is 4.47 Å². The second-order valence-corrected chi connectivity index (χ2v) is 4.51. The molecule has 0 saturated carbocycles. The molecule has 2 N–H and O–H groups in total. The zero-order chi connectivity index (χ0) is 11.8. The van der Waals surface area contributed by atoms with E-state index in [1.165, 1.54) is 27.0 Å². The third kappa shape index (κ3) is 2.23. The summed E-state index contributed by atoms with van der Waals surface area (Å²) in [6, 6.07) is 1.41. The molecular weight excluding hydrogens is 267 g/mol. The molecule has 0 aliphatic rings. The van der Waals surface area contributed by atoms with Crippen molar-refractivity contribution < 1.29 is 19.3 Å². The topological polar surface area (TPSA) is 49.7 Å². The number of hydrogen-bond acceptors (Lipinski definition) is 3. The summed E-state index contributed by atoms with van der Waals surface area (Å²) in [4.78, 5) is 0. The zero-order valence-corrected chi connectivity index (χ0v) is 10.2. The molecule has 0 bridgehead atoms. The van der Waals surface area contributed by atoms with Crippen molar-refractivity contribution in [2.75, 3.05) is 7.11 Å². The van der Waals surface area contributed by atoms with Crippen LogP contribution in [0.4, 0.5) is 4.39 Å². The van der Waals surface area contributed by atoms with Crippen molar-refractivity contribution in [2.24, 2.45) is 0 Å². The summed E-state index contributed by atoms with van der Waals surface area (Å²) >= 11 is 3.12. The van der Waals surface area contributed by atoms with Crippen LogP contribution in [-0.2, 0) is 5.60 Å². The predicted octanol–water partition coefficient (Wildman–Crippen LogP) is 2.53. The molecule has 0 unspecified atom stereocenters. The number of phenolic OH excluding ortho intramolecular Hbond substituents is 1. The van der Waals surface area contributed by atoms with E-state index in [2.05, 4.69) is 15.9 Å². The highest BCUT2D eigenvalue weighted by Crippen LogP contribution is 2.40. The molecule has 0 amide bonds. The fourth-order valence-corrected chi connectivity index (χ4v) is 2.17. The summed E-state index contributed by atoms with van der Waals surface area (Å²) in [5.74, 6) is -1.46. The predicted molar refractivity (Wildman–Crippen MR) is 57.6 cm³/mol. The highest BCUT2D eigenvalue weighted by atomic mass is 79.9. The molecular formula is C10H12BrFO3. The summed E-state index contributed by atoms with van der Waals surface area (Å²) in [6.45, 7) is 2.87. The van der Waals surface area contributed by atoms with Gasteiger partial charge >= 0.3 is 0 Å². The van der Waals surface area contributed by atoms with Gasteiger partial charge in [-0.15, -0.1) is 0 Å². The number of rotatable bonds is 2. The lowest BCUT2D eigenvalue weighted by Crippen LogP contribution is -2.18. The van der Waals surface area contributed by atoms with Gasteiger partial charge in [0.2, 0.25) is 0 Å². The highest BCUT2D eigenvalue weighted by Gasteiger charge is 2.28. The van der Waals surface area contributed by atoms with E-state index in [1.807, 2.05) is 0 Å². The minimum atomic E-state index is -1.38. The van der Waals surface area contributed by atoms with Crippen molar-refractivity contribution in [3.8, 4) is 11.5 Å². The van der Waals surface area contributed by atoms with Gasteiger partial charge in [-0.1, -0.05) is 15.9 Å². The molecule has 0 heterocycles. The van der Waals surface area contributed by atoms with E-state index < -0.39 is 17.2 Å². The summed E-state index contributed by atoms with van der Waals surface area (Å²) in [6.07, 6.45) is 0. The van der Waals surface area contributed by atoms with Crippen molar-refractivity contribution in [3.63, 3.8) is 0 Å². The molecule has 5 heteroatoms. The average molecular weight is 279 g/mol. The second-order valence-electron chi connectivity index (χ2n) is 3.66. The fourth-order valence-electron chi connectivity index (χ4n) is 1.30. The molecule has 0 aliphatic heterocycles. The number of aromatic hydroxyl groups is 1.